The lowest BCUT2D eigenvalue weighted by atomic mass is 9.93. The van der Waals surface area contributed by atoms with Crippen molar-refractivity contribution in [3.8, 4) is 0 Å². The zero-order valence-electron chi connectivity index (χ0n) is 12.5. The fourth-order valence-electron chi connectivity index (χ4n) is 2.67. The van der Waals surface area contributed by atoms with Crippen molar-refractivity contribution in [2.75, 3.05) is 26.7 Å². The average Bonchev–Trinajstić information content (AvgIpc) is 2.87. The highest BCUT2D eigenvalue weighted by Crippen LogP contribution is 2.23. The highest BCUT2D eigenvalue weighted by molar-refractivity contribution is 7.09. The fraction of sp³-hybridized carbons (Fsp3) is 0.800. The molecule has 1 fully saturated rings. The van der Waals surface area contributed by atoms with Crippen molar-refractivity contribution in [2.45, 2.75) is 45.6 Å². The number of likely N-dealkylation sites (tertiary alicyclic amines) is 1. The number of nitrogens with zero attached hydrogens (tertiary/aromatic N) is 2. The molecule has 1 aliphatic rings. The zero-order valence-corrected chi connectivity index (χ0v) is 13.3. The van der Waals surface area contributed by atoms with Gasteiger partial charge in [0.15, 0.2) is 0 Å². The summed E-state index contributed by atoms with van der Waals surface area (Å²) in [6.45, 7) is 9.12. The standard InChI is InChI=1S/C15H27N3S/c1-12(2)15-17-14(11-19-15)10-18-8-5-13(6-9-18)4-7-16-3/h11-13,16H,4-10H2,1-3H3. The van der Waals surface area contributed by atoms with Crippen molar-refractivity contribution in [3.63, 3.8) is 0 Å². The fourth-order valence-corrected chi connectivity index (χ4v) is 3.50. The smallest absolute Gasteiger partial charge is 0.0954 e. The number of hydrogen-bond donors (Lipinski definition) is 1. The average molecular weight is 281 g/mol. The molecule has 0 bridgehead atoms. The van der Waals surface area contributed by atoms with E-state index in [-0.39, 0.29) is 0 Å². The second kappa shape index (κ2) is 7.36. The third-order valence-electron chi connectivity index (χ3n) is 3.96. The van der Waals surface area contributed by atoms with Gasteiger partial charge in [-0.25, -0.2) is 4.98 Å². The number of rotatable bonds is 6. The van der Waals surface area contributed by atoms with Gasteiger partial charge in [0.25, 0.3) is 0 Å². The minimum absolute atomic E-state index is 0.561. The first-order valence-electron chi connectivity index (χ1n) is 7.50. The lowest BCUT2D eigenvalue weighted by molar-refractivity contribution is 0.171. The van der Waals surface area contributed by atoms with Gasteiger partial charge in [-0.1, -0.05) is 13.8 Å². The van der Waals surface area contributed by atoms with Gasteiger partial charge in [0.1, 0.15) is 0 Å². The van der Waals surface area contributed by atoms with E-state index in [1.165, 1.54) is 43.1 Å². The Morgan fingerprint density at radius 1 is 1.42 bits per heavy atom. The van der Waals surface area contributed by atoms with Crippen molar-refractivity contribution >= 4 is 11.3 Å². The molecule has 0 saturated carbocycles. The minimum atomic E-state index is 0.561. The summed E-state index contributed by atoms with van der Waals surface area (Å²) in [6, 6.07) is 0. The number of thiazole rings is 1. The number of hydrogen-bond acceptors (Lipinski definition) is 4. The predicted molar refractivity (Wildman–Crippen MR) is 82.7 cm³/mol. The van der Waals surface area contributed by atoms with E-state index in [1.54, 1.807) is 0 Å². The molecule has 0 aliphatic carbocycles. The molecule has 108 valence electrons. The molecule has 0 unspecified atom stereocenters. The Kier molecular flexibility index (Phi) is 5.79. The van der Waals surface area contributed by atoms with Gasteiger partial charge in [-0.3, -0.25) is 4.90 Å². The molecule has 1 saturated heterocycles. The van der Waals surface area contributed by atoms with E-state index >= 15 is 0 Å². The first kappa shape index (κ1) is 14.9. The molecule has 1 aromatic heterocycles. The van der Waals surface area contributed by atoms with Crippen LogP contribution >= 0.6 is 11.3 Å². The van der Waals surface area contributed by atoms with Gasteiger partial charge in [-0.2, -0.15) is 0 Å². The Morgan fingerprint density at radius 2 is 2.16 bits per heavy atom. The van der Waals surface area contributed by atoms with Crippen molar-refractivity contribution in [3.05, 3.63) is 16.1 Å². The number of piperidine rings is 1. The maximum absolute atomic E-state index is 4.74. The molecule has 2 rings (SSSR count). The number of nitrogens with one attached hydrogen (secondary N) is 1. The molecular weight excluding hydrogens is 254 g/mol. The zero-order chi connectivity index (χ0) is 13.7. The van der Waals surface area contributed by atoms with E-state index in [1.807, 2.05) is 18.4 Å². The van der Waals surface area contributed by atoms with Gasteiger partial charge in [0.05, 0.1) is 10.7 Å². The van der Waals surface area contributed by atoms with Crippen LogP contribution in [0.4, 0.5) is 0 Å². The van der Waals surface area contributed by atoms with Crippen LogP contribution < -0.4 is 5.32 Å². The summed E-state index contributed by atoms with van der Waals surface area (Å²) in [6.07, 6.45) is 4.03. The molecule has 19 heavy (non-hydrogen) atoms. The van der Waals surface area contributed by atoms with E-state index in [2.05, 4.69) is 29.4 Å². The molecule has 0 amide bonds. The van der Waals surface area contributed by atoms with E-state index in [0.717, 1.165) is 19.0 Å². The Balaban J connectivity index is 1.75. The van der Waals surface area contributed by atoms with E-state index in [9.17, 15) is 0 Å². The maximum atomic E-state index is 4.74. The second-order valence-electron chi connectivity index (χ2n) is 5.94. The summed E-state index contributed by atoms with van der Waals surface area (Å²) in [4.78, 5) is 7.30. The highest BCUT2D eigenvalue weighted by Gasteiger charge is 2.19. The molecule has 0 radical (unpaired) electrons. The molecule has 1 aromatic rings. The molecule has 2 heterocycles. The summed E-state index contributed by atoms with van der Waals surface area (Å²) < 4.78 is 0. The topological polar surface area (TPSA) is 28.2 Å². The van der Waals surface area contributed by atoms with Gasteiger partial charge in [-0.05, 0) is 51.9 Å². The molecule has 0 spiro atoms. The molecular formula is C15H27N3S. The van der Waals surface area contributed by atoms with Crippen LogP contribution in [0, 0.1) is 5.92 Å². The summed E-state index contributed by atoms with van der Waals surface area (Å²) in [5, 5.41) is 6.77. The van der Waals surface area contributed by atoms with Gasteiger partial charge >= 0.3 is 0 Å². The van der Waals surface area contributed by atoms with E-state index in [0.29, 0.717) is 5.92 Å². The quantitative estimate of drug-likeness (QED) is 0.868. The van der Waals surface area contributed by atoms with Gasteiger partial charge in [-0.15, -0.1) is 11.3 Å². The number of aromatic nitrogens is 1. The monoisotopic (exact) mass is 281 g/mol. The Labute approximate surface area is 121 Å². The van der Waals surface area contributed by atoms with Crippen LogP contribution in [-0.2, 0) is 6.54 Å². The SMILES string of the molecule is CNCCC1CCN(Cc2csc(C(C)C)n2)CC1. The Morgan fingerprint density at radius 3 is 2.74 bits per heavy atom. The minimum Gasteiger partial charge on any atom is -0.320 e. The Bertz CT molecular complexity index is 367. The summed E-state index contributed by atoms with van der Waals surface area (Å²) in [7, 11) is 2.05. The predicted octanol–water partition coefficient (Wildman–Crippen LogP) is 3.09. The van der Waals surface area contributed by atoms with Crippen LogP contribution in [0.2, 0.25) is 0 Å². The molecule has 4 heteroatoms. The summed E-state index contributed by atoms with van der Waals surface area (Å²) >= 11 is 1.81. The van der Waals surface area contributed by atoms with E-state index in [4.69, 9.17) is 4.98 Å². The van der Waals surface area contributed by atoms with Crippen LogP contribution in [-0.4, -0.2) is 36.6 Å². The largest absolute Gasteiger partial charge is 0.320 e. The third kappa shape index (κ3) is 4.55. The van der Waals surface area contributed by atoms with Crippen LogP contribution in [0.15, 0.2) is 5.38 Å². The molecule has 0 aromatic carbocycles. The normalized spacial score (nSPS) is 18.3. The molecule has 3 nitrogen and oxygen atoms in total. The van der Waals surface area contributed by atoms with Crippen LogP contribution in [0.5, 0.6) is 0 Å². The molecule has 0 atom stereocenters. The van der Waals surface area contributed by atoms with Crippen LogP contribution in [0.1, 0.15) is 49.7 Å². The van der Waals surface area contributed by atoms with Crippen LogP contribution in [0.25, 0.3) is 0 Å². The summed E-state index contributed by atoms with van der Waals surface area (Å²) in [5.74, 6) is 1.48. The van der Waals surface area contributed by atoms with Crippen molar-refractivity contribution < 1.29 is 0 Å². The van der Waals surface area contributed by atoms with Gasteiger partial charge in [0, 0.05) is 17.8 Å². The first-order chi connectivity index (χ1) is 9.19. The molecule has 1 N–H and O–H groups in total. The van der Waals surface area contributed by atoms with E-state index < -0.39 is 0 Å². The Hall–Kier alpha value is -0.450. The van der Waals surface area contributed by atoms with Gasteiger partial charge < -0.3 is 5.32 Å². The van der Waals surface area contributed by atoms with Crippen molar-refractivity contribution in [1.29, 1.82) is 0 Å². The summed E-state index contributed by atoms with van der Waals surface area (Å²) in [5.41, 5.74) is 1.27. The highest BCUT2D eigenvalue weighted by atomic mass is 32.1. The third-order valence-corrected chi connectivity index (χ3v) is 5.15. The van der Waals surface area contributed by atoms with Gasteiger partial charge in [0.2, 0.25) is 0 Å². The van der Waals surface area contributed by atoms with Crippen molar-refractivity contribution in [1.82, 2.24) is 15.2 Å². The maximum Gasteiger partial charge on any atom is 0.0954 e. The molecule has 1 aliphatic heterocycles. The van der Waals surface area contributed by atoms with Crippen molar-refractivity contribution in [2.24, 2.45) is 5.92 Å². The van der Waals surface area contributed by atoms with Crippen LogP contribution in [0.3, 0.4) is 0 Å². The lowest BCUT2D eigenvalue weighted by Gasteiger charge is -2.31. The first-order valence-corrected chi connectivity index (χ1v) is 8.38. The second-order valence-corrected chi connectivity index (χ2v) is 6.83. The lowest BCUT2D eigenvalue weighted by Crippen LogP contribution is -2.34.